The van der Waals surface area contributed by atoms with Crippen molar-refractivity contribution in [2.45, 2.75) is 105 Å². The maximum atomic E-state index is 10.8. The summed E-state index contributed by atoms with van der Waals surface area (Å²) in [6, 6.07) is -1.72. The van der Waals surface area contributed by atoms with Gasteiger partial charge < -0.3 is 72.5 Å². The summed E-state index contributed by atoms with van der Waals surface area (Å²) in [6.07, 6.45) is -13.4. The lowest BCUT2D eigenvalue weighted by molar-refractivity contribution is -0.537. The molecule has 2 aliphatic heterocycles. The van der Waals surface area contributed by atoms with Crippen LogP contribution in [0.3, 0.4) is 0 Å². The van der Waals surface area contributed by atoms with Gasteiger partial charge in [0.25, 0.3) is 0 Å². The number of aliphatic hydroxyl groups excluding tert-OH is 6. The average Bonchev–Trinajstić information content (AvgIpc) is 2.76. The molecule has 3 fully saturated rings. The summed E-state index contributed by atoms with van der Waals surface area (Å²) in [4.78, 5) is 0. The summed E-state index contributed by atoms with van der Waals surface area (Å²) in [7, 11) is 0. The van der Waals surface area contributed by atoms with Crippen LogP contribution in [-0.2, 0) is 18.9 Å². The summed E-state index contributed by atoms with van der Waals surface area (Å²) < 4.78 is 23.2. The third-order valence-electron chi connectivity index (χ3n) is 6.72. The zero-order chi connectivity index (χ0) is 23.9. The van der Waals surface area contributed by atoms with Crippen molar-refractivity contribution in [1.29, 1.82) is 0 Å². The SMILES string of the molecule is C[C@@H]1O[C@@H](O[C@@H]2[C@@H](O)[C@H]([NH3+])C[C@H]([NH3+])[C@H]2O[C@H]2O[C@H](C[NH3+])[C@@H](O)[C@H](O)[C@H]2[NH3+])[C@H](O)[C@H](O)[C@H]1O. The highest BCUT2D eigenvalue weighted by molar-refractivity contribution is 4.97. The van der Waals surface area contributed by atoms with E-state index in [0.717, 1.165) is 0 Å². The van der Waals surface area contributed by atoms with Gasteiger partial charge in [-0.2, -0.15) is 0 Å². The van der Waals surface area contributed by atoms with E-state index in [2.05, 4.69) is 22.9 Å². The van der Waals surface area contributed by atoms with E-state index in [0.29, 0.717) is 6.42 Å². The third kappa shape index (κ3) is 4.94. The molecule has 18 N–H and O–H groups in total. The second-order valence-electron chi connectivity index (χ2n) is 9.11. The van der Waals surface area contributed by atoms with Crippen molar-refractivity contribution in [3.63, 3.8) is 0 Å². The topological polar surface area (TPSA) is 269 Å². The highest BCUT2D eigenvalue weighted by Gasteiger charge is 2.54. The molecule has 0 aromatic carbocycles. The first kappa shape index (κ1) is 26.1. The van der Waals surface area contributed by atoms with Crippen LogP contribution in [0.15, 0.2) is 0 Å². The first-order valence-electron chi connectivity index (χ1n) is 11.0. The van der Waals surface area contributed by atoms with Crippen LogP contribution < -0.4 is 22.9 Å². The van der Waals surface area contributed by atoms with E-state index in [1.807, 2.05) is 0 Å². The van der Waals surface area contributed by atoms with E-state index in [9.17, 15) is 30.6 Å². The molecule has 2 heterocycles. The molecular weight excluding hydrogens is 432 g/mol. The van der Waals surface area contributed by atoms with Crippen LogP contribution in [0.25, 0.3) is 0 Å². The molecule has 0 unspecified atom stereocenters. The maximum Gasteiger partial charge on any atom is 0.214 e. The Morgan fingerprint density at radius 1 is 0.719 bits per heavy atom. The molecule has 15 atom stereocenters. The van der Waals surface area contributed by atoms with Gasteiger partial charge in [-0.3, -0.25) is 0 Å². The van der Waals surface area contributed by atoms with Crippen molar-refractivity contribution in [2.75, 3.05) is 6.54 Å². The molecule has 0 amide bonds. The molecule has 0 bridgehead atoms. The van der Waals surface area contributed by atoms with Crippen LogP contribution >= 0.6 is 0 Å². The van der Waals surface area contributed by atoms with Gasteiger partial charge in [0.05, 0.1) is 12.5 Å². The Labute approximate surface area is 185 Å². The van der Waals surface area contributed by atoms with E-state index in [4.69, 9.17) is 18.9 Å². The molecule has 0 radical (unpaired) electrons. The van der Waals surface area contributed by atoms with Gasteiger partial charge in [-0.25, -0.2) is 0 Å². The van der Waals surface area contributed by atoms with Gasteiger partial charge in [-0.1, -0.05) is 0 Å². The lowest BCUT2D eigenvalue weighted by Gasteiger charge is -2.46. The van der Waals surface area contributed by atoms with Crippen LogP contribution in [0.1, 0.15) is 13.3 Å². The molecule has 3 aliphatic rings. The second-order valence-corrected chi connectivity index (χ2v) is 9.11. The van der Waals surface area contributed by atoms with Crippen LogP contribution in [0.2, 0.25) is 0 Å². The Morgan fingerprint density at radius 3 is 1.97 bits per heavy atom. The van der Waals surface area contributed by atoms with Crippen LogP contribution in [-0.4, -0.2) is 129 Å². The molecule has 188 valence electrons. The fourth-order valence-electron chi connectivity index (χ4n) is 4.53. The molecule has 2 saturated heterocycles. The Hall–Kier alpha value is -0.560. The van der Waals surface area contributed by atoms with E-state index < -0.39 is 91.7 Å². The molecular formula is C18H40N4O10+4. The largest absolute Gasteiger partial charge is 0.388 e. The number of hydrogen-bond acceptors (Lipinski definition) is 10. The van der Waals surface area contributed by atoms with Gasteiger partial charge in [-0.05, 0) is 6.92 Å². The zero-order valence-electron chi connectivity index (χ0n) is 18.2. The molecule has 0 aromatic rings. The molecule has 1 aliphatic carbocycles. The van der Waals surface area contributed by atoms with E-state index >= 15 is 0 Å². The number of hydrogen-bond donors (Lipinski definition) is 10. The second kappa shape index (κ2) is 10.4. The smallest absolute Gasteiger partial charge is 0.214 e. The molecule has 0 aromatic heterocycles. The Balaban J connectivity index is 1.79. The monoisotopic (exact) mass is 472 g/mol. The standard InChI is InChI=1S/C18H36N4O10/c1-4-9(23)13(27)14(28)18(29-4)32-16-10(24)5(20)2-6(21)15(16)31-17-8(22)12(26)11(25)7(3-19)30-17/h4-18,23-28H,2-3,19-22H2,1H3/p+4/t4-,5+,6-,7+,8+,9-,10-,11+,12+,13+,14+,15+,16+,17+,18-/m0/s1. The van der Waals surface area contributed by atoms with Gasteiger partial charge in [-0.15, -0.1) is 0 Å². The predicted octanol–water partition coefficient (Wildman–Crippen LogP) is -9.13. The number of quaternary nitrogens is 4. The first-order chi connectivity index (χ1) is 15.0. The summed E-state index contributed by atoms with van der Waals surface area (Å²) in [5.74, 6) is 0. The molecule has 14 heteroatoms. The molecule has 3 rings (SSSR count). The molecule has 0 spiro atoms. The van der Waals surface area contributed by atoms with Gasteiger partial charge >= 0.3 is 0 Å². The minimum Gasteiger partial charge on any atom is -0.388 e. The van der Waals surface area contributed by atoms with Crippen molar-refractivity contribution >= 4 is 0 Å². The third-order valence-corrected chi connectivity index (χ3v) is 6.72. The van der Waals surface area contributed by atoms with Gasteiger partial charge in [0.1, 0.15) is 73.6 Å². The highest BCUT2D eigenvalue weighted by atomic mass is 16.7. The lowest BCUT2D eigenvalue weighted by Crippen LogP contribution is -2.84. The summed E-state index contributed by atoms with van der Waals surface area (Å²) in [6.45, 7) is 1.71. The van der Waals surface area contributed by atoms with E-state index in [-0.39, 0.29) is 6.54 Å². The Kier molecular flexibility index (Phi) is 8.44. The van der Waals surface area contributed by atoms with Gasteiger partial charge in [0, 0.05) is 0 Å². The maximum absolute atomic E-state index is 10.8. The predicted molar refractivity (Wildman–Crippen MR) is 101 cm³/mol. The fourth-order valence-corrected chi connectivity index (χ4v) is 4.53. The van der Waals surface area contributed by atoms with Gasteiger partial charge in [0.2, 0.25) is 6.29 Å². The van der Waals surface area contributed by atoms with Crippen LogP contribution in [0.5, 0.6) is 0 Å². The molecule has 1 saturated carbocycles. The van der Waals surface area contributed by atoms with Crippen LogP contribution in [0, 0.1) is 0 Å². The minimum atomic E-state index is -1.57. The zero-order valence-corrected chi connectivity index (χ0v) is 18.2. The summed E-state index contributed by atoms with van der Waals surface area (Å²) in [5.41, 5.74) is 15.6. The number of rotatable bonds is 5. The van der Waals surface area contributed by atoms with Gasteiger partial charge in [0.15, 0.2) is 12.3 Å². The van der Waals surface area contributed by atoms with Crippen molar-refractivity contribution < 1.29 is 72.5 Å². The summed E-state index contributed by atoms with van der Waals surface area (Å²) >= 11 is 0. The number of aliphatic hydroxyl groups is 6. The van der Waals surface area contributed by atoms with E-state index in [1.54, 1.807) is 0 Å². The number of ether oxygens (including phenoxy) is 4. The molecule has 32 heavy (non-hydrogen) atoms. The minimum absolute atomic E-state index is 0.187. The highest BCUT2D eigenvalue weighted by Crippen LogP contribution is 2.30. The van der Waals surface area contributed by atoms with Crippen LogP contribution in [0.4, 0.5) is 0 Å². The van der Waals surface area contributed by atoms with Crippen molar-refractivity contribution in [2.24, 2.45) is 0 Å². The Bertz CT molecular complexity index is 620. The fraction of sp³-hybridized carbons (Fsp3) is 1.00. The Morgan fingerprint density at radius 2 is 1.34 bits per heavy atom. The summed E-state index contributed by atoms with van der Waals surface area (Å²) in [5, 5.41) is 61.6. The average molecular weight is 473 g/mol. The normalized spacial score (nSPS) is 55.0. The van der Waals surface area contributed by atoms with Crippen molar-refractivity contribution in [3.8, 4) is 0 Å². The van der Waals surface area contributed by atoms with Crippen molar-refractivity contribution in [3.05, 3.63) is 0 Å². The molecule has 14 nitrogen and oxygen atoms in total. The lowest BCUT2D eigenvalue weighted by atomic mass is 9.84. The quantitative estimate of drug-likeness (QED) is 0.180. The van der Waals surface area contributed by atoms with Crippen molar-refractivity contribution in [1.82, 2.24) is 0 Å². The van der Waals surface area contributed by atoms with E-state index in [1.165, 1.54) is 6.92 Å². The first-order valence-corrected chi connectivity index (χ1v) is 11.0.